The lowest BCUT2D eigenvalue weighted by atomic mass is 9.95. The second-order valence-corrected chi connectivity index (χ2v) is 11.7. The van der Waals surface area contributed by atoms with Crippen LogP contribution in [0.4, 0.5) is 5.69 Å². The highest BCUT2D eigenvalue weighted by atomic mass is 32.2. The fourth-order valence-electron chi connectivity index (χ4n) is 4.71. The quantitative estimate of drug-likeness (QED) is 0.666. The van der Waals surface area contributed by atoms with Crippen molar-refractivity contribution in [2.24, 2.45) is 5.92 Å². The van der Waals surface area contributed by atoms with Crippen LogP contribution in [0.2, 0.25) is 0 Å². The summed E-state index contributed by atoms with van der Waals surface area (Å²) in [5.74, 6) is -0.518. The Labute approximate surface area is 193 Å². The lowest BCUT2D eigenvalue weighted by molar-refractivity contribution is -0.137. The van der Waals surface area contributed by atoms with E-state index in [1.54, 1.807) is 23.3 Å². The monoisotopic (exact) mass is 475 g/mol. The second kappa shape index (κ2) is 8.96. The van der Waals surface area contributed by atoms with E-state index in [1.165, 1.54) is 10.6 Å². The molecule has 2 aliphatic heterocycles. The molecule has 0 saturated carbocycles. The van der Waals surface area contributed by atoms with Crippen molar-refractivity contribution < 1.29 is 18.0 Å². The molecule has 9 heteroatoms. The number of thiophene rings is 1. The van der Waals surface area contributed by atoms with Gasteiger partial charge in [-0.15, -0.1) is 11.3 Å². The number of aryl methyl sites for hydroxylation is 1. The minimum atomic E-state index is -3.26. The van der Waals surface area contributed by atoms with Gasteiger partial charge >= 0.3 is 0 Å². The van der Waals surface area contributed by atoms with E-state index in [0.29, 0.717) is 25.9 Å². The maximum atomic E-state index is 13.6. The van der Waals surface area contributed by atoms with Crippen LogP contribution in [0.1, 0.15) is 35.7 Å². The maximum Gasteiger partial charge on any atom is 0.228 e. The summed E-state index contributed by atoms with van der Waals surface area (Å²) in [5, 5.41) is 1.97. The third kappa shape index (κ3) is 4.46. The molecule has 0 radical (unpaired) electrons. The third-order valence-electron chi connectivity index (χ3n) is 6.60. The molecule has 2 fully saturated rings. The summed E-state index contributed by atoms with van der Waals surface area (Å²) in [6.07, 6.45) is 2.58. The van der Waals surface area contributed by atoms with Crippen LogP contribution >= 0.6 is 11.3 Å². The number of carbonyl (C=O) groups is 2. The predicted octanol–water partition coefficient (Wildman–Crippen LogP) is 3.03. The summed E-state index contributed by atoms with van der Waals surface area (Å²) in [6.45, 7) is 3.00. The van der Waals surface area contributed by atoms with Crippen LogP contribution in [0.3, 0.4) is 0 Å². The van der Waals surface area contributed by atoms with Crippen LogP contribution < -0.4 is 4.90 Å². The highest BCUT2D eigenvalue weighted by Gasteiger charge is 2.47. The standard InChI is InChI=1S/C23H29N3O4S2/c1-16-6-8-18(9-7-16)26-21(27)15-19(22(26)20-5-4-14-31-20)23(28)25-12-10-17(11-13-25)24(2)32(3,29)30/h4-9,14,17,19,22H,10-13,15H2,1-3H3. The molecule has 1 aromatic carbocycles. The molecule has 2 aliphatic rings. The van der Waals surface area contributed by atoms with Gasteiger partial charge in [0.25, 0.3) is 0 Å². The van der Waals surface area contributed by atoms with Gasteiger partial charge in [0.1, 0.15) is 0 Å². The molecule has 0 aliphatic carbocycles. The summed E-state index contributed by atoms with van der Waals surface area (Å²) in [6, 6.07) is 11.3. The fourth-order valence-corrected chi connectivity index (χ4v) is 6.34. The van der Waals surface area contributed by atoms with E-state index >= 15 is 0 Å². The molecule has 7 nitrogen and oxygen atoms in total. The first-order chi connectivity index (χ1) is 15.2. The van der Waals surface area contributed by atoms with Gasteiger partial charge in [-0.05, 0) is 43.3 Å². The van der Waals surface area contributed by atoms with Crippen molar-refractivity contribution in [3.05, 3.63) is 52.2 Å². The van der Waals surface area contributed by atoms with Crippen LogP contribution in [-0.4, -0.2) is 61.9 Å². The Morgan fingerprint density at radius 3 is 2.34 bits per heavy atom. The summed E-state index contributed by atoms with van der Waals surface area (Å²) < 4.78 is 25.1. The summed E-state index contributed by atoms with van der Waals surface area (Å²) in [5.41, 5.74) is 1.92. The predicted molar refractivity (Wildman–Crippen MR) is 126 cm³/mol. The van der Waals surface area contributed by atoms with Crippen LogP contribution in [0, 0.1) is 12.8 Å². The van der Waals surface area contributed by atoms with Gasteiger partial charge in [0.05, 0.1) is 18.2 Å². The van der Waals surface area contributed by atoms with Crippen molar-refractivity contribution in [3.63, 3.8) is 0 Å². The zero-order chi connectivity index (χ0) is 23.0. The topological polar surface area (TPSA) is 78.0 Å². The van der Waals surface area contributed by atoms with Crippen LogP contribution in [0.25, 0.3) is 0 Å². The first-order valence-corrected chi connectivity index (χ1v) is 13.5. The number of hydrogen-bond donors (Lipinski definition) is 0. The first kappa shape index (κ1) is 22.9. The molecule has 0 bridgehead atoms. The Morgan fingerprint density at radius 2 is 1.78 bits per heavy atom. The smallest absolute Gasteiger partial charge is 0.228 e. The number of benzene rings is 1. The molecule has 2 saturated heterocycles. The average Bonchev–Trinajstić information content (AvgIpc) is 3.40. The maximum absolute atomic E-state index is 13.6. The molecule has 0 spiro atoms. The number of amides is 2. The second-order valence-electron chi connectivity index (χ2n) is 8.71. The van der Waals surface area contributed by atoms with Gasteiger partial charge in [-0.25, -0.2) is 12.7 Å². The highest BCUT2D eigenvalue weighted by molar-refractivity contribution is 7.88. The molecule has 172 valence electrons. The Bertz CT molecular complexity index is 1070. The van der Waals surface area contributed by atoms with Crippen molar-refractivity contribution in [1.82, 2.24) is 9.21 Å². The van der Waals surface area contributed by atoms with Crippen LogP contribution in [0.5, 0.6) is 0 Å². The number of nitrogens with zero attached hydrogens (tertiary/aromatic N) is 3. The van der Waals surface area contributed by atoms with Gasteiger partial charge in [-0.1, -0.05) is 23.8 Å². The molecule has 1 aromatic heterocycles. The average molecular weight is 476 g/mol. The van der Waals surface area contributed by atoms with Crippen LogP contribution in [0.15, 0.2) is 41.8 Å². The molecular weight excluding hydrogens is 446 g/mol. The van der Waals surface area contributed by atoms with Gasteiger partial charge in [-0.3, -0.25) is 9.59 Å². The van der Waals surface area contributed by atoms with Gasteiger partial charge in [0.15, 0.2) is 0 Å². The van der Waals surface area contributed by atoms with Crippen molar-refractivity contribution in [1.29, 1.82) is 0 Å². The van der Waals surface area contributed by atoms with E-state index in [0.717, 1.165) is 16.1 Å². The van der Waals surface area contributed by atoms with Crippen molar-refractivity contribution in [2.45, 2.75) is 38.3 Å². The summed E-state index contributed by atoms with van der Waals surface area (Å²) in [4.78, 5) is 31.3. The van der Waals surface area contributed by atoms with E-state index in [4.69, 9.17) is 0 Å². The van der Waals surface area contributed by atoms with Crippen molar-refractivity contribution in [2.75, 3.05) is 31.3 Å². The SMILES string of the molecule is Cc1ccc(N2C(=O)CC(C(=O)N3CCC(N(C)S(C)(=O)=O)CC3)C2c2cccs2)cc1. The first-order valence-electron chi connectivity index (χ1n) is 10.8. The van der Waals surface area contributed by atoms with E-state index in [1.807, 2.05) is 53.6 Å². The van der Waals surface area contributed by atoms with Gasteiger partial charge in [0.2, 0.25) is 21.8 Å². The van der Waals surface area contributed by atoms with E-state index in [2.05, 4.69) is 0 Å². The normalized spacial score (nSPS) is 22.7. The molecular formula is C23H29N3O4S2. The number of likely N-dealkylation sites (tertiary alicyclic amines) is 1. The van der Waals surface area contributed by atoms with Crippen LogP contribution in [-0.2, 0) is 19.6 Å². The number of rotatable bonds is 5. The number of hydrogen-bond acceptors (Lipinski definition) is 5. The Kier molecular flexibility index (Phi) is 6.42. The van der Waals surface area contributed by atoms with Crippen molar-refractivity contribution >= 4 is 38.9 Å². The number of sulfonamides is 1. The fraction of sp³-hybridized carbons (Fsp3) is 0.478. The van der Waals surface area contributed by atoms with Gasteiger partial charge in [0, 0.05) is 43.2 Å². The molecule has 0 N–H and O–H groups in total. The van der Waals surface area contributed by atoms with E-state index < -0.39 is 15.9 Å². The minimum absolute atomic E-state index is 0.0215. The zero-order valence-electron chi connectivity index (χ0n) is 18.6. The lowest BCUT2D eigenvalue weighted by Crippen LogP contribution is -2.49. The number of carbonyl (C=O) groups excluding carboxylic acids is 2. The Morgan fingerprint density at radius 1 is 1.12 bits per heavy atom. The molecule has 4 rings (SSSR count). The Hall–Kier alpha value is -2.23. The third-order valence-corrected chi connectivity index (χ3v) is 8.89. The largest absolute Gasteiger partial charge is 0.342 e. The molecule has 2 atom stereocenters. The minimum Gasteiger partial charge on any atom is -0.342 e. The molecule has 2 unspecified atom stereocenters. The number of piperidine rings is 1. The highest BCUT2D eigenvalue weighted by Crippen LogP contribution is 2.44. The summed E-state index contributed by atoms with van der Waals surface area (Å²) in [7, 11) is -1.67. The van der Waals surface area contributed by atoms with E-state index in [9.17, 15) is 18.0 Å². The molecule has 3 heterocycles. The van der Waals surface area contributed by atoms with Crippen molar-refractivity contribution in [3.8, 4) is 0 Å². The molecule has 2 aromatic rings. The van der Waals surface area contributed by atoms with Gasteiger partial charge in [-0.2, -0.15) is 0 Å². The number of anilines is 1. The lowest BCUT2D eigenvalue weighted by Gasteiger charge is -2.37. The summed E-state index contributed by atoms with van der Waals surface area (Å²) >= 11 is 1.56. The zero-order valence-corrected chi connectivity index (χ0v) is 20.2. The van der Waals surface area contributed by atoms with Gasteiger partial charge < -0.3 is 9.80 Å². The molecule has 2 amide bonds. The molecule has 32 heavy (non-hydrogen) atoms. The van der Waals surface area contributed by atoms with E-state index in [-0.39, 0.29) is 30.3 Å². The Balaban J connectivity index is 1.55.